The van der Waals surface area contributed by atoms with Gasteiger partial charge in [0.05, 0.1) is 12.8 Å². The summed E-state index contributed by atoms with van der Waals surface area (Å²) >= 11 is 6.01. The van der Waals surface area contributed by atoms with Crippen LogP contribution in [0.25, 0.3) is 0 Å². The quantitative estimate of drug-likeness (QED) is 0.818. The average Bonchev–Trinajstić information content (AvgIpc) is 2.87. The number of hydrogen-bond donors (Lipinski definition) is 2. The molecule has 0 aliphatic carbocycles. The summed E-state index contributed by atoms with van der Waals surface area (Å²) in [5.74, 6) is 0.260. The van der Waals surface area contributed by atoms with Crippen molar-refractivity contribution in [2.24, 2.45) is 0 Å². The number of carbonyl (C=O) groups excluding carboxylic acids is 2. The molecule has 23 heavy (non-hydrogen) atoms. The lowest BCUT2D eigenvalue weighted by Gasteiger charge is -2.12. The Hall–Kier alpha value is -2.54. The Bertz CT molecular complexity index is 742. The van der Waals surface area contributed by atoms with Gasteiger partial charge in [-0.25, -0.2) is 0 Å². The maximum atomic E-state index is 12.0. The van der Waals surface area contributed by atoms with Gasteiger partial charge in [-0.2, -0.15) is 0 Å². The van der Waals surface area contributed by atoms with E-state index in [-0.39, 0.29) is 12.2 Å². The molecule has 7 nitrogen and oxygen atoms in total. The van der Waals surface area contributed by atoms with E-state index in [4.69, 9.17) is 20.9 Å². The molecule has 1 aromatic carbocycles. The summed E-state index contributed by atoms with van der Waals surface area (Å²) in [6.45, 7) is 3.50. The molecule has 0 saturated heterocycles. The van der Waals surface area contributed by atoms with Crippen molar-refractivity contribution in [1.82, 2.24) is 5.16 Å². The lowest BCUT2D eigenvalue weighted by Crippen LogP contribution is -2.21. The third kappa shape index (κ3) is 4.46. The van der Waals surface area contributed by atoms with E-state index >= 15 is 0 Å². The van der Waals surface area contributed by atoms with Crippen molar-refractivity contribution in [3.05, 3.63) is 34.5 Å². The number of amides is 2. The van der Waals surface area contributed by atoms with E-state index in [1.54, 1.807) is 32.0 Å². The highest BCUT2D eigenvalue weighted by Gasteiger charge is 2.14. The molecule has 1 aromatic heterocycles. The summed E-state index contributed by atoms with van der Waals surface area (Å²) < 4.78 is 9.99. The first-order valence-corrected chi connectivity index (χ1v) is 7.14. The van der Waals surface area contributed by atoms with Crippen molar-refractivity contribution in [1.29, 1.82) is 0 Å². The number of rotatable bonds is 5. The number of aromatic nitrogens is 1. The zero-order valence-electron chi connectivity index (χ0n) is 12.9. The van der Waals surface area contributed by atoms with Crippen LogP contribution in [0.5, 0.6) is 5.75 Å². The molecule has 0 unspecified atom stereocenters. The number of hydrogen-bond acceptors (Lipinski definition) is 5. The van der Waals surface area contributed by atoms with Crippen LogP contribution in [0.3, 0.4) is 0 Å². The van der Waals surface area contributed by atoms with E-state index in [0.717, 1.165) is 5.56 Å². The second-order valence-electron chi connectivity index (χ2n) is 4.90. The van der Waals surface area contributed by atoms with Crippen LogP contribution in [0, 0.1) is 13.8 Å². The monoisotopic (exact) mass is 337 g/mol. The SMILES string of the molecule is COc1cc(Cl)c(C)cc1NC(=O)CC(=O)Nc1cc(C)on1. The van der Waals surface area contributed by atoms with Crippen molar-refractivity contribution in [3.8, 4) is 5.75 Å². The van der Waals surface area contributed by atoms with Gasteiger partial charge in [-0.15, -0.1) is 0 Å². The van der Waals surface area contributed by atoms with Crippen LogP contribution in [-0.2, 0) is 9.59 Å². The van der Waals surface area contributed by atoms with Crippen LogP contribution in [0.2, 0.25) is 5.02 Å². The Labute approximate surface area is 137 Å². The summed E-state index contributed by atoms with van der Waals surface area (Å²) in [6.07, 6.45) is -0.364. The molecule has 0 saturated carbocycles. The number of ether oxygens (including phenoxy) is 1. The number of carbonyl (C=O) groups is 2. The first-order valence-electron chi connectivity index (χ1n) is 6.76. The minimum absolute atomic E-state index is 0.264. The summed E-state index contributed by atoms with van der Waals surface area (Å²) in [5.41, 5.74) is 1.23. The van der Waals surface area contributed by atoms with Gasteiger partial charge in [-0.1, -0.05) is 16.8 Å². The summed E-state index contributed by atoms with van der Waals surface area (Å²) in [6, 6.07) is 4.84. The molecule has 8 heteroatoms. The van der Waals surface area contributed by atoms with E-state index in [1.165, 1.54) is 7.11 Å². The Morgan fingerprint density at radius 1 is 1.22 bits per heavy atom. The predicted molar refractivity (Wildman–Crippen MR) is 85.9 cm³/mol. The first-order chi connectivity index (χ1) is 10.9. The molecule has 2 aromatic rings. The van der Waals surface area contributed by atoms with Crippen LogP contribution in [0.1, 0.15) is 17.7 Å². The normalized spacial score (nSPS) is 10.3. The van der Waals surface area contributed by atoms with E-state index < -0.39 is 11.8 Å². The lowest BCUT2D eigenvalue weighted by molar-refractivity contribution is -0.123. The molecule has 2 N–H and O–H groups in total. The smallest absolute Gasteiger partial charge is 0.235 e. The molecule has 0 bridgehead atoms. The van der Waals surface area contributed by atoms with Crippen LogP contribution >= 0.6 is 11.6 Å². The minimum atomic E-state index is -0.500. The number of halogens is 1. The Kier molecular flexibility index (Phi) is 5.23. The summed E-state index contributed by atoms with van der Waals surface area (Å²) in [5, 5.41) is 9.24. The molecule has 0 atom stereocenters. The first kappa shape index (κ1) is 16.8. The van der Waals surface area contributed by atoms with Crippen molar-refractivity contribution in [2.75, 3.05) is 17.7 Å². The van der Waals surface area contributed by atoms with Gasteiger partial charge in [-0.3, -0.25) is 9.59 Å². The molecular weight excluding hydrogens is 322 g/mol. The molecule has 0 radical (unpaired) electrons. The molecule has 0 aliphatic rings. The Morgan fingerprint density at radius 3 is 2.52 bits per heavy atom. The van der Waals surface area contributed by atoms with E-state index in [1.807, 2.05) is 0 Å². The fourth-order valence-electron chi connectivity index (χ4n) is 1.88. The fourth-order valence-corrected chi connectivity index (χ4v) is 2.04. The van der Waals surface area contributed by atoms with E-state index in [0.29, 0.717) is 22.2 Å². The fraction of sp³-hybridized carbons (Fsp3) is 0.267. The maximum absolute atomic E-state index is 12.0. The molecule has 1 heterocycles. The van der Waals surface area contributed by atoms with Crippen LogP contribution in [0.4, 0.5) is 11.5 Å². The zero-order valence-corrected chi connectivity index (χ0v) is 13.7. The van der Waals surface area contributed by atoms with Crippen LogP contribution < -0.4 is 15.4 Å². The van der Waals surface area contributed by atoms with Crippen LogP contribution in [-0.4, -0.2) is 24.1 Å². The van der Waals surface area contributed by atoms with Gasteiger partial charge in [0.1, 0.15) is 17.9 Å². The van der Waals surface area contributed by atoms with Crippen molar-refractivity contribution < 1.29 is 18.8 Å². The third-order valence-corrected chi connectivity index (χ3v) is 3.38. The zero-order chi connectivity index (χ0) is 17.0. The van der Waals surface area contributed by atoms with Crippen molar-refractivity contribution >= 4 is 34.9 Å². The van der Waals surface area contributed by atoms with E-state index in [9.17, 15) is 9.59 Å². The number of nitrogens with one attached hydrogen (secondary N) is 2. The van der Waals surface area contributed by atoms with E-state index in [2.05, 4.69) is 15.8 Å². The van der Waals surface area contributed by atoms with Gasteiger partial charge in [0, 0.05) is 17.2 Å². The number of aryl methyl sites for hydroxylation is 2. The molecule has 0 spiro atoms. The highest BCUT2D eigenvalue weighted by molar-refractivity contribution is 6.31. The molecular formula is C15H16ClN3O4. The topological polar surface area (TPSA) is 93.5 Å². The van der Waals surface area contributed by atoms with Gasteiger partial charge in [0.2, 0.25) is 11.8 Å². The van der Waals surface area contributed by atoms with Gasteiger partial charge < -0.3 is 19.9 Å². The highest BCUT2D eigenvalue weighted by Crippen LogP contribution is 2.30. The molecule has 2 amide bonds. The number of nitrogens with zero attached hydrogens (tertiary/aromatic N) is 1. The molecule has 2 rings (SSSR count). The predicted octanol–water partition coefficient (Wildman–Crippen LogP) is 2.92. The maximum Gasteiger partial charge on any atom is 0.235 e. The second-order valence-corrected chi connectivity index (χ2v) is 5.30. The number of anilines is 2. The number of methoxy groups -OCH3 is 1. The Balaban J connectivity index is 1.99. The summed E-state index contributed by atoms with van der Waals surface area (Å²) in [4.78, 5) is 23.8. The van der Waals surface area contributed by atoms with Crippen molar-refractivity contribution in [3.63, 3.8) is 0 Å². The van der Waals surface area contributed by atoms with Gasteiger partial charge in [0.25, 0.3) is 0 Å². The van der Waals surface area contributed by atoms with Crippen LogP contribution in [0.15, 0.2) is 22.7 Å². The van der Waals surface area contributed by atoms with Gasteiger partial charge in [-0.05, 0) is 25.5 Å². The lowest BCUT2D eigenvalue weighted by atomic mass is 10.2. The van der Waals surface area contributed by atoms with Crippen molar-refractivity contribution in [2.45, 2.75) is 20.3 Å². The summed E-state index contributed by atoms with van der Waals surface area (Å²) in [7, 11) is 1.47. The number of benzene rings is 1. The molecule has 0 fully saturated rings. The molecule has 0 aliphatic heterocycles. The second kappa shape index (κ2) is 7.15. The standard InChI is InChI=1S/C15H16ClN3O4/c1-8-4-11(12(22-3)6-10(8)16)17-14(20)7-15(21)18-13-5-9(2)23-19-13/h4-6H,7H2,1-3H3,(H,17,20)(H,18,19,21). The highest BCUT2D eigenvalue weighted by atomic mass is 35.5. The van der Waals surface area contributed by atoms with Gasteiger partial charge in [0.15, 0.2) is 5.82 Å². The largest absolute Gasteiger partial charge is 0.495 e. The molecule has 122 valence electrons. The third-order valence-electron chi connectivity index (χ3n) is 2.97. The average molecular weight is 338 g/mol. The van der Waals surface area contributed by atoms with Gasteiger partial charge >= 0.3 is 0 Å². The minimum Gasteiger partial charge on any atom is -0.495 e. The Morgan fingerprint density at radius 2 is 1.91 bits per heavy atom.